The van der Waals surface area contributed by atoms with Gasteiger partial charge in [0.15, 0.2) is 0 Å². The molecule has 0 unspecified atom stereocenters. The van der Waals surface area contributed by atoms with Crippen molar-refractivity contribution in [1.29, 1.82) is 0 Å². The van der Waals surface area contributed by atoms with Crippen molar-refractivity contribution in [2.45, 2.75) is 25.7 Å². The van der Waals surface area contributed by atoms with E-state index in [9.17, 15) is 9.59 Å². The van der Waals surface area contributed by atoms with E-state index in [1.54, 1.807) is 7.05 Å². The quantitative estimate of drug-likeness (QED) is 0.876. The maximum absolute atomic E-state index is 12.1. The molecule has 1 aliphatic carbocycles. The average molecular weight is 319 g/mol. The molecule has 1 amide bonds. The van der Waals surface area contributed by atoms with Gasteiger partial charge in [-0.3, -0.25) is 9.59 Å². The number of carbonyl (C=O) groups excluding carboxylic acids is 1. The van der Waals surface area contributed by atoms with Gasteiger partial charge in [-0.1, -0.05) is 29.6 Å². The first-order valence-electron chi connectivity index (χ1n) is 6.35. The molecule has 0 radical (unpaired) electrons. The number of carboxylic acids is 1. The van der Waals surface area contributed by atoms with Crippen LogP contribution in [0.2, 0.25) is 10.2 Å². The minimum Gasteiger partial charge on any atom is -0.481 e. The number of halogens is 2. The molecule has 5 nitrogen and oxygen atoms in total. The second-order valence-corrected chi connectivity index (χ2v) is 6.10. The highest BCUT2D eigenvalue weighted by Crippen LogP contribution is 2.43. The third-order valence-electron chi connectivity index (χ3n) is 3.91. The summed E-state index contributed by atoms with van der Waals surface area (Å²) in [6, 6.07) is 1.50. The van der Waals surface area contributed by atoms with Crippen molar-refractivity contribution in [2.75, 3.05) is 6.54 Å². The van der Waals surface area contributed by atoms with E-state index in [0.29, 0.717) is 22.4 Å². The molecule has 1 aliphatic rings. The number of hydrogen-bond acceptors (Lipinski definition) is 2. The zero-order valence-electron chi connectivity index (χ0n) is 11.1. The number of carboxylic acid groups (broad SMARTS) is 1. The first kappa shape index (κ1) is 15.2. The van der Waals surface area contributed by atoms with Gasteiger partial charge in [-0.15, -0.1) is 0 Å². The lowest BCUT2D eigenvalue weighted by atomic mass is 9.66. The molecule has 110 valence electrons. The Morgan fingerprint density at radius 2 is 2.10 bits per heavy atom. The summed E-state index contributed by atoms with van der Waals surface area (Å²) in [5.41, 5.74) is 0.0602. The highest BCUT2D eigenvalue weighted by Gasteiger charge is 2.39. The van der Waals surface area contributed by atoms with Crippen molar-refractivity contribution in [1.82, 2.24) is 9.88 Å². The lowest BCUT2D eigenvalue weighted by molar-refractivity contribution is -0.141. The molecule has 1 heterocycles. The van der Waals surface area contributed by atoms with Gasteiger partial charge in [0, 0.05) is 13.6 Å². The predicted octanol–water partition coefficient (Wildman–Crippen LogP) is 2.71. The fraction of sp³-hybridized carbons (Fsp3) is 0.538. The van der Waals surface area contributed by atoms with Crippen molar-refractivity contribution < 1.29 is 14.7 Å². The van der Waals surface area contributed by atoms with Crippen LogP contribution in [-0.2, 0) is 11.8 Å². The molecule has 1 fully saturated rings. The molecule has 0 aliphatic heterocycles. The van der Waals surface area contributed by atoms with Gasteiger partial charge in [0.1, 0.15) is 10.8 Å². The summed E-state index contributed by atoms with van der Waals surface area (Å²) >= 11 is 11.8. The van der Waals surface area contributed by atoms with Crippen molar-refractivity contribution >= 4 is 35.1 Å². The molecule has 0 saturated heterocycles. The lowest BCUT2D eigenvalue weighted by Crippen LogP contribution is -2.43. The molecule has 0 atom stereocenters. The average Bonchev–Trinajstić information content (AvgIpc) is 2.59. The summed E-state index contributed by atoms with van der Waals surface area (Å²) in [4.78, 5) is 23.0. The van der Waals surface area contributed by atoms with Crippen LogP contribution in [0.25, 0.3) is 0 Å². The maximum atomic E-state index is 12.1. The normalized spacial score (nSPS) is 16.6. The van der Waals surface area contributed by atoms with Crippen LogP contribution in [-0.4, -0.2) is 28.1 Å². The molecule has 1 saturated carbocycles. The summed E-state index contributed by atoms with van der Waals surface area (Å²) in [5.74, 6) is -1.12. The Kier molecular flexibility index (Phi) is 4.30. The minimum atomic E-state index is -0.830. The van der Waals surface area contributed by atoms with Gasteiger partial charge in [0.25, 0.3) is 5.91 Å². The Labute approximate surface area is 126 Å². The van der Waals surface area contributed by atoms with E-state index in [1.807, 2.05) is 0 Å². The number of hydrogen-bond donors (Lipinski definition) is 2. The minimum absolute atomic E-state index is 0.0852. The summed E-state index contributed by atoms with van der Waals surface area (Å²) in [6.07, 6.45) is 2.75. The van der Waals surface area contributed by atoms with Gasteiger partial charge in [-0.05, 0) is 24.3 Å². The molecule has 2 N–H and O–H groups in total. The van der Waals surface area contributed by atoms with Gasteiger partial charge in [-0.25, -0.2) is 0 Å². The SMILES string of the molecule is Cn1c(C(=O)NCC2(CC(=O)O)CCC2)cc(Cl)c1Cl. The molecule has 0 spiro atoms. The van der Waals surface area contributed by atoms with E-state index < -0.39 is 5.97 Å². The van der Waals surface area contributed by atoms with Crippen LogP contribution < -0.4 is 5.32 Å². The van der Waals surface area contributed by atoms with E-state index in [0.717, 1.165) is 19.3 Å². The molecular formula is C13H16Cl2N2O3. The van der Waals surface area contributed by atoms with E-state index >= 15 is 0 Å². The van der Waals surface area contributed by atoms with Crippen LogP contribution in [0.3, 0.4) is 0 Å². The molecule has 0 aromatic carbocycles. The Balaban J connectivity index is 2.01. The van der Waals surface area contributed by atoms with Crippen molar-refractivity contribution in [3.8, 4) is 0 Å². The molecule has 0 bridgehead atoms. The van der Waals surface area contributed by atoms with Gasteiger partial charge in [0.05, 0.1) is 11.4 Å². The number of nitrogens with zero attached hydrogens (tertiary/aromatic N) is 1. The monoisotopic (exact) mass is 318 g/mol. The zero-order valence-corrected chi connectivity index (χ0v) is 12.6. The van der Waals surface area contributed by atoms with Gasteiger partial charge < -0.3 is 15.0 Å². The second kappa shape index (κ2) is 5.66. The van der Waals surface area contributed by atoms with Crippen molar-refractivity contribution in [2.24, 2.45) is 12.5 Å². The number of rotatable bonds is 5. The van der Waals surface area contributed by atoms with Crippen LogP contribution in [0.1, 0.15) is 36.2 Å². The smallest absolute Gasteiger partial charge is 0.303 e. The van der Waals surface area contributed by atoms with Crippen LogP contribution in [0.15, 0.2) is 6.07 Å². The van der Waals surface area contributed by atoms with E-state index in [2.05, 4.69) is 5.32 Å². The number of nitrogens with one attached hydrogen (secondary N) is 1. The number of aromatic nitrogens is 1. The Hall–Kier alpha value is -1.20. The molecular weight excluding hydrogens is 303 g/mol. The third-order valence-corrected chi connectivity index (χ3v) is 4.76. The summed E-state index contributed by atoms with van der Waals surface area (Å²) in [7, 11) is 1.65. The molecule has 1 aromatic heterocycles. The zero-order chi connectivity index (χ0) is 14.9. The fourth-order valence-corrected chi connectivity index (χ4v) is 2.91. The lowest BCUT2D eigenvalue weighted by Gasteiger charge is -2.40. The Morgan fingerprint density at radius 1 is 1.45 bits per heavy atom. The Morgan fingerprint density at radius 3 is 2.50 bits per heavy atom. The van der Waals surface area contributed by atoms with E-state index in [4.69, 9.17) is 28.3 Å². The highest BCUT2D eigenvalue weighted by atomic mass is 35.5. The van der Waals surface area contributed by atoms with Gasteiger partial charge >= 0.3 is 5.97 Å². The summed E-state index contributed by atoms with van der Waals surface area (Å²) in [6.45, 7) is 0.360. The van der Waals surface area contributed by atoms with Crippen LogP contribution in [0.5, 0.6) is 0 Å². The van der Waals surface area contributed by atoms with Gasteiger partial charge in [-0.2, -0.15) is 0 Å². The third kappa shape index (κ3) is 2.94. The number of amides is 1. The summed E-state index contributed by atoms with van der Waals surface area (Å²) < 4.78 is 1.50. The van der Waals surface area contributed by atoms with Crippen LogP contribution in [0.4, 0.5) is 0 Å². The molecule has 20 heavy (non-hydrogen) atoms. The first-order valence-corrected chi connectivity index (χ1v) is 7.11. The Bertz CT molecular complexity index is 550. The number of aliphatic carboxylic acids is 1. The molecule has 1 aromatic rings. The standard InChI is InChI=1S/C13H16Cl2N2O3/c1-17-9(5-8(14)11(17)15)12(20)16-7-13(3-2-4-13)6-10(18)19/h5H,2-4,6-7H2,1H3,(H,16,20)(H,18,19). The number of carbonyl (C=O) groups is 2. The van der Waals surface area contributed by atoms with E-state index in [1.165, 1.54) is 10.6 Å². The fourth-order valence-electron chi connectivity index (χ4n) is 2.53. The van der Waals surface area contributed by atoms with Gasteiger partial charge in [0.2, 0.25) is 0 Å². The van der Waals surface area contributed by atoms with Crippen molar-refractivity contribution in [3.63, 3.8) is 0 Å². The largest absolute Gasteiger partial charge is 0.481 e. The van der Waals surface area contributed by atoms with Crippen LogP contribution >= 0.6 is 23.2 Å². The highest BCUT2D eigenvalue weighted by molar-refractivity contribution is 6.41. The second-order valence-electron chi connectivity index (χ2n) is 5.33. The van der Waals surface area contributed by atoms with Crippen molar-refractivity contribution in [3.05, 3.63) is 21.9 Å². The van der Waals surface area contributed by atoms with Crippen LogP contribution in [0, 0.1) is 5.41 Å². The molecule has 2 rings (SSSR count). The maximum Gasteiger partial charge on any atom is 0.303 e. The summed E-state index contributed by atoms with van der Waals surface area (Å²) in [5, 5.41) is 12.3. The molecule has 7 heteroatoms. The predicted molar refractivity (Wildman–Crippen MR) is 76.3 cm³/mol. The first-order chi connectivity index (χ1) is 9.34. The topological polar surface area (TPSA) is 71.3 Å². The van der Waals surface area contributed by atoms with E-state index in [-0.39, 0.29) is 17.7 Å².